The minimum Gasteiger partial charge on any atom is -0.606 e. The molecule has 2 aromatic carbocycles. The van der Waals surface area contributed by atoms with Crippen LogP contribution in [0.5, 0.6) is 5.75 Å². The highest BCUT2D eigenvalue weighted by Crippen LogP contribution is 2.28. The molecule has 0 aliphatic rings. The second kappa shape index (κ2) is 5.05. The van der Waals surface area contributed by atoms with E-state index in [-0.39, 0.29) is 0 Å². The lowest BCUT2D eigenvalue weighted by molar-refractivity contribution is 0.402. The highest BCUT2D eigenvalue weighted by Gasteiger charge is 2.18. The van der Waals surface area contributed by atoms with E-state index in [0.717, 1.165) is 4.90 Å². The Morgan fingerprint density at radius 1 is 0.938 bits per heavy atom. The molecule has 0 N–H and O–H groups in total. The van der Waals surface area contributed by atoms with Gasteiger partial charge in [0.25, 0.3) is 0 Å². The lowest BCUT2D eigenvalue weighted by atomic mass is 10.3. The van der Waals surface area contributed by atoms with Gasteiger partial charge in [-0.2, -0.15) is 0 Å². The number of ether oxygens (including phenoxy) is 1. The van der Waals surface area contributed by atoms with Gasteiger partial charge in [0.2, 0.25) is 0 Å². The van der Waals surface area contributed by atoms with Gasteiger partial charge >= 0.3 is 0 Å². The minimum atomic E-state index is -1.18. The molecule has 0 aromatic heterocycles. The van der Waals surface area contributed by atoms with Crippen LogP contribution in [0, 0.1) is 0 Å². The molecule has 2 nitrogen and oxygen atoms in total. The number of methoxy groups -OCH3 is 1. The first-order chi connectivity index (χ1) is 7.83. The first-order valence-electron chi connectivity index (χ1n) is 4.93. The van der Waals surface area contributed by atoms with Crippen LogP contribution in [-0.2, 0) is 11.2 Å². The van der Waals surface area contributed by atoms with Gasteiger partial charge in [-0.15, -0.1) is 0 Å². The molecule has 1 unspecified atom stereocenters. The van der Waals surface area contributed by atoms with Crippen molar-refractivity contribution in [1.82, 2.24) is 0 Å². The molecule has 0 bridgehead atoms. The topological polar surface area (TPSA) is 32.3 Å². The molecule has 0 saturated heterocycles. The Labute approximate surface area is 98.1 Å². The molecule has 2 aromatic rings. The minimum absolute atomic E-state index is 0.657. The van der Waals surface area contributed by atoms with E-state index < -0.39 is 11.2 Å². The van der Waals surface area contributed by atoms with Crippen LogP contribution in [0.4, 0.5) is 0 Å². The largest absolute Gasteiger partial charge is 0.606 e. The molecule has 0 amide bonds. The molecule has 0 heterocycles. The SMILES string of the molecule is COc1ccccc1[S+]([O-])c1ccccc1. The summed E-state index contributed by atoms with van der Waals surface area (Å²) in [6.07, 6.45) is 0. The third-order valence-electron chi connectivity index (χ3n) is 2.23. The first kappa shape index (κ1) is 11.0. The van der Waals surface area contributed by atoms with Gasteiger partial charge in [0, 0.05) is 11.2 Å². The van der Waals surface area contributed by atoms with E-state index in [9.17, 15) is 4.55 Å². The first-order valence-corrected chi connectivity index (χ1v) is 6.08. The lowest BCUT2D eigenvalue weighted by Crippen LogP contribution is -2.03. The summed E-state index contributed by atoms with van der Waals surface area (Å²) < 4.78 is 17.5. The van der Waals surface area contributed by atoms with E-state index in [1.165, 1.54) is 0 Å². The zero-order valence-corrected chi connectivity index (χ0v) is 9.74. The molecule has 0 spiro atoms. The predicted octanol–water partition coefficient (Wildman–Crippen LogP) is 2.86. The summed E-state index contributed by atoms with van der Waals surface area (Å²) in [6, 6.07) is 16.7. The Hall–Kier alpha value is -1.45. The smallest absolute Gasteiger partial charge is 0.200 e. The molecule has 0 saturated carbocycles. The molecule has 82 valence electrons. The zero-order valence-electron chi connectivity index (χ0n) is 8.92. The average molecular weight is 232 g/mol. The summed E-state index contributed by atoms with van der Waals surface area (Å²) >= 11 is -1.18. The second-order valence-electron chi connectivity index (χ2n) is 3.23. The van der Waals surface area contributed by atoms with Crippen LogP contribution in [0.3, 0.4) is 0 Å². The van der Waals surface area contributed by atoms with E-state index in [4.69, 9.17) is 4.74 Å². The van der Waals surface area contributed by atoms with Crippen LogP contribution in [0.1, 0.15) is 0 Å². The van der Waals surface area contributed by atoms with E-state index >= 15 is 0 Å². The molecule has 0 fully saturated rings. The summed E-state index contributed by atoms with van der Waals surface area (Å²) in [5.74, 6) is 0.657. The Balaban J connectivity index is 2.37. The van der Waals surface area contributed by atoms with Crippen LogP contribution in [-0.4, -0.2) is 11.7 Å². The van der Waals surface area contributed by atoms with Crippen molar-refractivity contribution >= 4 is 11.2 Å². The highest BCUT2D eigenvalue weighted by molar-refractivity contribution is 7.91. The van der Waals surface area contributed by atoms with Crippen LogP contribution < -0.4 is 4.74 Å². The standard InChI is InChI=1S/C13H12O2S/c1-15-12-9-5-6-10-13(12)16(14)11-7-3-2-4-8-11/h2-10H,1H3. The molecule has 1 atom stereocenters. The third-order valence-corrected chi connectivity index (χ3v) is 3.66. The van der Waals surface area contributed by atoms with E-state index in [1.54, 1.807) is 7.11 Å². The van der Waals surface area contributed by atoms with Crippen LogP contribution >= 0.6 is 0 Å². The summed E-state index contributed by atoms with van der Waals surface area (Å²) in [4.78, 5) is 1.49. The summed E-state index contributed by atoms with van der Waals surface area (Å²) in [5, 5.41) is 0. The van der Waals surface area contributed by atoms with Crippen molar-refractivity contribution in [2.75, 3.05) is 7.11 Å². The normalized spacial score (nSPS) is 12.1. The van der Waals surface area contributed by atoms with Crippen molar-refractivity contribution in [2.45, 2.75) is 9.79 Å². The molecule has 0 aliphatic carbocycles. The zero-order chi connectivity index (χ0) is 11.4. The number of para-hydroxylation sites is 1. The Morgan fingerprint density at radius 3 is 2.25 bits per heavy atom. The highest BCUT2D eigenvalue weighted by atomic mass is 32.2. The van der Waals surface area contributed by atoms with Gasteiger partial charge in [0.15, 0.2) is 15.5 Å². The van der Waals surface area contributed by atoms with Crippen molar-refractivity contribution in [1.29, 1.82) is 0 Å². The van der Waals surface area contributed by atoms with Gasteiger partial charge in [0.05, 0.1) is 7.11 Å². The van der Waals surface area contributed by atoms with Gasteiger partial charge in [-0.25, -0.2) is 0 Å². The fraction of sp³-hybridized carbons (Fsp3) is 0.0769. The van der Waals surface area contributed by atoms with Gasteiger partial charge in [-0.05, 0) is 24.3 Å². The fourth-order valence-corrected chi connectivity index (χ4v) is 2.64. The number of hydrogen-bond donors (Lipinski definition) is 0. The molecule has 3 heteroatoms. The monoisotopic (exact) mass is 232 g/mol. The van der Waals surface area contributed by atoms with Crippen molar-refractivity contribution in [3.63, 3.8) is 0 Å². The summed E-state index contributed by atoms with van der Waals surface area (Å²) in [5.41, 5.74) is 0. The second-order valence-corrected chi connectivity index (χ2v) is 4.68. The molecular weight excluding hydrogens is 220 g/mol. The summed E-state index contributed by atoms with van der Waals surface area (Å²) in [7, 11) is 1.58. The molecule has 16 heavy (non-hydrogen) atoms. The number of rotatable bonds is 3. The maximum Gasteiger partial charge on any atom is 0.200 e. The number of benzene rings is 2. The fourth-order valence-electron chi connectivity index (χ4n) is 1.44. The van der Waals surface area contributed by atoms with Gasteiger partial charge in [0.1, 0.15) is 0 Å². The van der Waals surface area contributed by atoms with Gasteiger partial charge < -0.3 is 9.29 Å². The predicted molar refractivity (Wildman–Crippen MR) is 64.1 cm³/mol. The van der Waals surface area contributed by atoms with E-state index in [1.807, 2.05) is 54.6 Å². The molecule has 2 rings (SSSR count). The van der Waals surface area contributed by atoms with Crippen LogP contribution in [0.15, 0.2) is 64.4 Å². The Kier molecular flexibility index (Phi) is 3.49. The van der Waals surface area contributed by atoms with E-state index in [0.29, 0.717) is 10.6 Å². The maximum absolute atomic E-state index is 12.3. The quantitative estimate of drug-likeness (QED) is 0.762. The average Bonchev–Trinajstić information content (AvgIpc) is 2.39. The van der Waals surface area contributed by atoms with Crippen molar-refractivity contribution in [2.24, 2.45) is 0 Å². The van der Waals surface area contributed by atoms with Crippen LogP contribution in [0.25, 0.3) is 0 Å². The molecular formula is C13H12O2S. The van der Waals surface area contributed by atoms with Gasteiger partial charge in [-0.3, -0.25) is 0 Å². The van der Waals surface area contributed by atoms with Crippen LogP contribution in [0.2, 0.25) is 0 Å². The third kappa shape index (κ3) is 2.21. The Bertz CT molecular complexity index is 456. The molecule has 0 aliphatic heterocycles. The lowest BCUT2D eigenvalue weighted by Gasteiger charge is -2.12. The Morgan fingerprint density at radius 2 is 1.56 bits per heavy atom. The van der Waals surface area contributed by atoms with E-state index in [2.05, 4.69) is 0 Å². The number of hydrogen-bond acceptors (Lipinski definition) is 2. The van der Waals surface area contributed by atoms with Crippen molar-refractivity contribution < 1.29 is 9.29 Å². The van der Waals surface area contributed by atoms with Crippen molar-refractivity contribution in [3.8, 4) is 5.75 Å². The van der Waals surface area contributed by atoms with Crippen molar-refractivity contribution in [3.05, 3.63) is 54.6 Å². The molecule has 0 radical (unpaired) electrons. The maximum atomic E-state index is 12.3. The summed E-state index contributed by atoms with van der Waals surface area (Å²) in [6.45, 7) is 0. The van der Waals surface area contributed by atoms with Gasteiger partial charge in [-0.1, -0.05) is 30.3 Å².